The second-order valence-corrected chi connectivity index (χ2v) is 4.25. The maximum Gasteiger partial charge on any atom is 0.305 e. The van der Waals surface area contributed by atoms with Crippen LogP contribution in [0, 0.1) is 5.82 Å². The molecule has 6 nitrogen and oxygen atoms in total. The summed E-state index contributed by atoms with van der Waals surface area (Å²) in [7, 11) is 0. The number of carboxylic acid groups (broad SMARTS) is 1. The van der Waals surface area contributed by atoms with Crippen LogP contribution in [0.4, 0.5) is 4.39 Å². The van der Waals surface area contributed by atoms with Crippen molar-refractivity contribution >= 4 is 5.97 Å². The van der Waals surface area contributed by atoms with E-state index in [1.165, 1.54) is 10.7 Å². The molecule has 2 aromatic rings. The molecule has 0 aliphatic heterocycles. The summed E-state index contributed by atoms with van der Waals surface area (Å²) in [6.07, 6.45) is 0.138. The summed E-state index contributed by atoms with van der Waals surface area (Å²) >= 11 is 0. The number of hydrogen-bond donors (Lipinski definition) is 1. The lowest BCUT2D eigenvalue weighted by molar-refractivity contribution is -0.137. The van der Waals surface area contributed by atoms with Crippen LogP contribution in [0.15, 0.2) is 24.3 Å². The lowest BCUT2D eigenvalue weighted by Gasteiger charge is -2.11. The summed E-state index contributed by atoms with van der Waals surface area (Å²) < 4.78 is 15.0. The SMILES string of the molecule is CC(CC(=O)O)n1nnnc1Cc1ccccc1F. The molecule has 0 saturated heterocycles. The van der Waals surface area contributed by atoms with Gasteiger partial charge in [0.25, 0.3) is 0 Å². The van der Waals surface area contributed by atoms with Gasteiger partial charge >= 0.3 is 5.97 Å². The summed E-state index contributed by atoms with van der Waals surface area (Å²) in [5, 5.41) is 19.9. The van der Waals surface area contributed by atoms with Crippen LogP contribution in [-0.4, -0.2) is 31.3 Å². The van der Waals surface area contributed by atoms with E-state index in [1.807, 2.05) is 0 Å². The van der Waals surface area contributed by atoms with Gasteiger partial charge in [-0.15, -0.1) is 5.10 Å². The van der Waals surface area contributed by atoms with Crippen molar-refractivity contribution in [2.75, 3.05) is 0 Å². The molecule has 0 saturated carbocycles. The summed E-state index contributed by atoms with van der Waals surface area (Å²) in [4.78, 5) is 10.7. The molecule has 1 heterocycles. The Bertz CT molecular complexity index is 585. The third-order valence-corrected chi connectivity index (χ3v) is 2.75. The van der Waals surface area contributed by atoms with Gasteiger partial charge in [0, 0.05) is 6.42 Å². The van der Waals surface area contributed by atoms with Crippen LogP contribution in [0.1, 0.15) is 30.8 Å². The minimum Gasteiger partial charge on any atom is -0.481 e. The summed E-state index contributed by atoms with van der Waals surface area (Å²) in [6, 6.07) is 5.97. The number of aromatic nitrogens is 4. The Morgan fingerprint density at radius 3 is 2.89 bits per heavy atom. The van der Waals surface area contributed by atoms with E-state index >= 15 is 0 Å². The van der Waals surface area contributed by atoms with E-state index in [0.717, 1.165) is 0 Å². The average molecular weight is 264 g/mol. The van der Waals surface area contributed by atoms with Gasteiger partial charge in [0.2, 0.25) is 0 Å². The first-order chi connectivity index (χ1) is 9.08. The maximum atomic E-state index is 13.6. The van der Waals surface area contributed by atoms with Crippen molar-refractivity contribution in [3.05, 3.63) is 41.5 Å². The van der Waals surface area contributed by atoms with Crippen molar-refractivity contribution in [1.29, 1.82) is 0 Å². The zero-order chi connectivity index (χ0) is 13.8. The third-order valence-electron chi connectivity index (χ3n) is 2.75. The molecule has 0 fully saturated rings. The van der Waals surface area contributed by atoms with E-state index in [-0.39, 0.29) is 24.7 Å². The second kappa shape index (κ2) is 5.55. The van der Waals surface area contributed by atoms with E-state index in [1.54, 1.807) is 25.1 Å². The number of carboxylic acids is 1. The summed E-state index contributed by atoms with van der Waals surface area (Å²) in [5.41, 5.74) is 0.473. The molecular weight excluding hydrogens is 251 g/mol. The first-order valence-corrected chi connectivity index (χ1v) is 5.80. The Kier molecular flexibility index (Phi) is 3.84. The highest BCUT2D eigenvalue weighted by molar-refractivity contribution is 5.67. The van der Waals surface area contributed by atoms with Gasteiger partial charge in [-0.1, -0.05) is 18.2 Å². The number of hydrogen-bond acceptors (Lipinski definition) is 4. The van der Waals surface area contributed by atoms with Crippen molar-refractivity contribution < 1.29 is 14.3 Å². The van der Waals surface area contributed by atoms with Crippen molar-refractivity contribution in [3.8, 4) is 0 Å². The number of rotatable bonds is 5. The van der Waals surface area contributed by atoms with E-state index < -0.39 is 5.97 Å². The zero-order valence-corrected chi connectivity index (χ0v) is 10.3. The highest BCUT2D eigenvalue weighted by atomic mass is 19.1. The van der Waals surface area contributed by atoms with Gasteiger partial charge in [0.15, 0.2) is 5.82 Å². The Labute approximate surface area is 108 Å². The Morgan fingerprint density at radius 2 is 2.21 bits per heavy atom. The average Bonchev–Trinajstić information content (AvgIpc) is 2.79. The molecule has 0 aliphatic carbocycles. The van der Waals surface area contributed by atoms with Crippen LogP contribution in [0.25, 0.3) is 0 Å². The molecule has 1 N–H and O–H groups in total. The van der Waals surface area contributed by atoms with Crippen LogP contribution in [0.3, 0.4) is 0 Å². The van der Waals surface area contributed by atoms with Crippen molar-refractivity contribution in [2.45, 2.75) is 25.8 Å². The molecule has 0 amide bonds. The minimum absolute atomic E-state index is 0.0880. The zero-order valence-electron chi connectivity index (χ0n) is 10.3. The molecule has 1 aromatic heterocycles. The topological polar surface area (TPSA) is 80.9 Å². The first-order valence-electron chi connectivity index (χ1n) is 5.80. The van der Waals surface area contributed by atoms with Crippen LogP contribution in [-0.2, 0) is 11.2 Å². The molecule has 0 aliphatic rings. The Balaban J connectivity index is 2.20. The van der Waals surface area contributed by atoms with E-state index in [0.29, 0.717) is 11.4 Å². The standard InChI is InChI=1S/C12H13FN4O2/c1-8(6-12(18)19)17-11(14-15-16-17)7-9-4-2-3-5-10(9)13/h2-5,8H,6-7H2,1H3,(H,18,19). The predicted octanol–water partition coefficient (Wildman–Crippen LogP) is 1.44. The van der Waals surface area contributed by atoms with Crippen LogP contribution < -0.4 is 0 Å². The highest BCUT2D eigenvalue weighted by Crippen LogP contribution is 2.15. The van der Waals surface area contributed by atoms with Crippen molar-refractivity contribution in [3.63, 3.8) is 0 Å². The lowest BCUT2D eigenvalue weighted by Crippen LogP contribution is -2.15. The number of halogens is 1. The predicted molar refractivity (Wildman–Crippen MR) is 64.0 cm³/mol. The van der Waals surface area contributed by atoms with Gasteiger partial charge in [0.1, 0.15) is 5.82 Å². The quantitative estimate of drug-likeness (QED) is 0.883. The molecule has 19 heavy (non-hydrogen) atoms. The van der Waals surface area contributed by atoms with Crippen LogP contribution in [0.2, 0.25) is 0 Å². The number of carbonyl (C=O) groups is 1. The largest absolute Gasteiger partial charge is 0.481 e. The lowest BCUT2D eigenvalue weighted by atomic mass is 10.1. The van der Waals surface area contributed by atoms with Gasteiger partial charge in [-0.05, 0) is 29.0 Å². The molecule has 1 unspecified atom stereocenters. The fourth-order valence-corrected chi connectivity index (χ4v) is 1.82. The van der Waals surface area contributed by atoms with Crippen molar-refractivity contribution in [1.82, 2.24) is 20.2 Å². The van der Waals surface area contributed by atoms with Crippen molar-refractivity contribution in [2.24, 2.45) is 0 Å². The van der Waals surface area contributed by atoms with Gasteiger partial charge in [0.05, 0.1) is 12.5 Å². The van der Waals surface area contributed by atoms with Gasteiger partial charge < -0.3 is 5.11 Å². The fourth-order valence-electron chi connectivity index (χ4n) is 1.82. The second-order valence-electron chi connectivity index (χ2n) is 4.25. The normalized spacial score (nSPS) is 12.3. The van der Waals surface area contributed by atoms with Gasteiger partial charge in [-0.2, -0.15) is 0 Å². The minimum atomic E-state index is -0.931. The Hall–Kier alpha value is -2.31. The fraction of sp³-hybridized carbons (Fsp3) is 0.333. The molecular formula is C12H13FN4O2. The van der Waals surface area contributed by atoms with Gasteiger partial charge in [-0.3, -0.25) is 4.79 Å². The third kappa shape index (κ3) is 3.12. The Morgan fingerprint density at radius 1 is 1.47 bits per heavy atom. The smallest absolute Gasteiger partial charge is 0.305 e. The van der Waals surface area contributed by atoms with Gasteiger partial charge in [-0.25, -0.2) is 9.07 Å². The molecule has 1 atom stereocenters. The molecule has 1 aromatic carbocycles. The molecule has 0 spiro atoms. The van der Waals surface area contributed by atoms with Crippen LogP contribution in [0.5, 0.6) is 0 Å². The molecule has 100 valence electrons. The first kappa shape index (κ1) is 13.1. The summed E-state index contributed by atoms with van der Waals surface area (Å²) in [5.74, 6) is -0.818. The number of tetrazole rings is 1. The number of nitrogens with zero attached hydrogens (tertiary/aromatic N) is 4. The highest BCUT2D eigenvalue weighted by Gasteiger charge is 2.17. The maximum absolute atomic E-state index is 13.6. The number of benzene rings is 1. The monoisotopic (exact) mass is 264 g/mol. The molecule has 0 bridgehead atoms. The van der Waals surface area contributed by atoms with Crippen LogP contribution >= 0.6 is 0 Å². The molecule has 7 heteroatoms. The van der Waals surface area contributed by atoms with E-state index in [9.17, 15) is 9.18 Å². The van der Waals surface area contributed by atoms with E-state index in [2.05, 4.69) is 15.5 Å². The summed E-state index contributed by atoms with van der Waals surface area (Å²) in [6.45, 7) is 1.70. The number of aliphatic carboxylic acids is 1. The molecule has 2 rings (SSSR count). The van der Waals surface area contributed by atoms with E-state index in [4.69, 9.17) is 5.11 Å². The molecule has 0 radical (unpaired) electrons.